The molecule has 0 atom stereocenters. The van der Waals surface area contributed by atoms with Crippen LogP contribution in [0.3, 0.4) is 0 Å². The Balaban J connectivity index is 2.04. The van der Waals surface area contributed by atoms with Crippen LogP contribution in [0.2, 0.25) is 0 Å². The van der Waals surface area contributed by atoms with Crippen molar-refractivity contribution in [2.45, 2.75) is 6.92 Å². The summed E-state index contributed by atoms with van der Waals surface area (Å²) < 4.78 is 1.79. The van der Waals surface area contributed by atoms with E-state index >= 15 is 0 Å². The highest BCUT2D eigenvalue weighted by Crippen LogP contribution is 2.21. The van der Waals surface area contributed by atoms with Gasteiger partial charge in [-0.3, -0.25) is 4.98 Å². The summed E-state index contributed by atoms with van der Waals surface area (Å²) >= 11 is 0. The number of benzene rings is 1. The number of aromatic nitrogens is 4. The first-order valence-corrected chi connectivity index (χ1v) is 6.55. The van der Waals surface area contributed by atoms with Gasteiger partial charge in [-0.1, -0.05) is 23.4 Å². The van der Waals surface area contributed by atoms with E-state index in [1.165, 1.54) is 0 Å². The summed E-state index contributed by atoms with van der Waals surface area (Å²) in [6, 6.07) is 13.9. The van der Waals surface area contributed by atoms with Gasteiger partial charge in [0.1, 0.15) is 5.69 Å². The fraction of sp³-hybridized carbons (Fsp3) is 0.133. The SMILES string of the molecule is CCNc1ccnc(-c2cnnn2-c2ccccc2)c1. The first-order chi connectivity index (χ1) is 9.88. The van der Waals surface area contributed by atoms with Crippen molar-refractivity contribution in [2.24, 2.45) is 0 Å². The maximum absolute atomic E-state index is 4.41. The summed E-state index contributed by atoms with van der Waals surface area (Å²) in [5.74, 6) is 0. The second-order valence-electron chi connectivity index (χ2n) is 4.33. The Labute approximate surface area is 117 Å². The molecule has 0 aliphatic heterocycles. The Morgan fingerprint density at radius 3 is 2.80 bits per heavy atom. The zero-order valence-corrected chi connectivity index (χ0v) is 11.2. The van der Waals surface area contributed by atoms with E-state index in [9.17, 15) is 0 Å². The molecule has 1 aromatic carbocycles. The highest BCUT2D eigenvalue weighted by atomic mass is 15.4. The van der Waals surface area contributed by atoms with Gasteiger partial charge in [0, 0.05) is 18.4 Å². The lowest BCUT2D eigenvalue weighted by molar-refractivity contribution is 0.806. The molecule has 0 fully saturated rings. The van der Waals surface area contributed by atoms with Gasteiger partial charge in [-0.05, 0) is 31.2 Å². The molecule has 3 rings (SSSR count). The molecule has 0 saturated carbocycles. The molecular weight excluding hydrogens is 250 g/mol. The molecule has 3 aromatic rings. The number of rotatable bonds is 4. The fourth-order valence-corrected chi connectivity index (χ4v) is 2.05. The van der Waals surface area contributed by atoms with Gasteiger partial charge in [0.15, 0.2) is 0 Å². The van der Waals surface area contributed by atoms with Crippen LogP contribution in [0.5, 0.6) is 0 Å². The minimum absolute atomic E-state index is 0.845. The van der Waals surface area contributed by atoms with Crippen molar-refractivity contribution in [3.05, 3.63) is 54.9 Å². The third kappa shape index (κ3) is 2.38. The van der Waals surface area contributed by atoms with Crippen LogP contribution in [-0.2, 0) is 0 Å². The quantitative estimate of drug-likeness (QED) is 0.788. The van der Waals surface area contributed by atoms with E-state index in [0.29, 0.717) is 0 Å². The Kier molecular flexibility index (Phi) is 3.41. The van der Waals surface area contributed by atoms with Crippen LogP contribution in [0.4, 0.5) is 5.69 Å². The van der Waals surface area contributed by atoms with Gasteiger partial charge >= 0.3 is 0 Å². The average molecular weight is 265 g/mol. The van der Waals surface area contributed by atoms with E-state index in [-0.39, 0.29) is 0 Å². The topological polar surface area (TPSA) is 55.6 Å². The predicted molar refractivity (Wildman–Crippen MR) is 78.8 cm³/mol. The molecule has 0 aliphatic rings. The van der Waals surface area contributed by atoms with Crippen LogP contribution in [0.15, 0.2) is 54.9 Å². The molecule has 0 spiro atoms. The summed E-state index contributed by atoms with van der Waals surface area (Å²) in [6.45, 7) is 2.94. The third-order valence-electron chi connectivity index (χ3n) is 2.95. The molecular formula is C15H15N5. The highest BCUT2D eigenvalue weighted by molar-refractivity contribution is 5.61. The Morgan fingerprint density at radius 1 is 1.15 bits per heavy atom. The second kappa shape index (κ2) is 5.52. The van der Waals surface area contributed by atoms with Crippen LogP contribution < -0.4 is 5.32 Å². The first kappa shape index (κ1) is 12.3. The van der Waals surface area contributed by atoms with Crippen molar-refractivity contribution in [3.63, 3.8) is 0 Å². The molecule has 0 saturated heterocycles. The zero-order valence-electron chi connectivity index (χ0n) is 11.2. The van der Waals surface area contributed by atoms with E-state index in [1.54, 1.807) is 17.1 Å². The fourth-order valence-electron chi connectivity index (χ4n) is 2.05. The van der Waals surface area contributed by atoms with Gasteiger partial charge in [-0.15, -0.1) is 5.10 Å². The molecule has 1 N–H and O–H groups in total. The van der Waals surface area contributed by atoms with E-state index in [0.717, 1.165) is 29.3 Å². The lowest BCUT2D eigenvalue weighted by atomic mass is 10.2. The zero-order chi connectivity index (χ0) is 13.8. The van der Waals surface area contributed by atoms with Crippen LogP contribution >= 0.6 is 0 Å². The first-order valence-electron chi connectivity index (χ1n) is 6.55. The molecule has 5 heteroatoms. The molecule has 2 aromatic heterocycles. The lowest BCUT2D eigenvalue weighted by Crippen LogP contribution is -2.01. The summed E-state index contributed by atoms with van der Waals surface area (Å²) in [7, 11) is 0. The van der Waals surface area contributed by atoms with Gasteiger partial charge in [0.05, 0.1) is 17.6 Å². The van der Waals surface area contributed by atoms with Crippen molar-refractivity contribution < 1.29 is 0 Å². The summed E-state index contributed by atoms with van der Waals surface area (Å²) in [6.07, 6.45) is 3.51. The smallest absolute Gasteiger partial charge is 0.113 e. The molecule has 0 radical (unpaired) electrons. The van der Waals surface area contributed by atoms with Crippen molar-refractivity contribution in [3.8, 4) is 17.1 Å². The standard InChI is InChI=1S/C15H15N5/c1-2-16-12-8-9-17-14(10-12)15-11-18-19-20(15)13-6-4-3-5-7-13/h3-11H,2H2,1H3,(H,16,17). The number of hydrogen-bond acceptors (Lipinski definition) is 4. The van der Waals surface area contributed by atoms with Gasteiger partial charge in [-0.2, -0.15) is 0 Å². The van der Waals surface area contributed by atoms with Gasteiger partial charge in [0.2, 0.25) is 0 Å². The maximum atomic E-state index is 4.41. The number of nitrogens with zero attached hydrogens (tertiary/aromatic N) is 4. The van der Waals surface area contributed by atoms with E-state index in [4.69, 9.17) is 0 Å². The van der Waals surface area contributed by atoms with Gasteiger partial charge < -0.3 is 5.32 Å². The van der Waals surface area contributed by atoms with Crippen LogP contribution in [-0.4, -0.2) is 26.5 Å². The normalized spacial score (nSPS) is 10.4. The van der Waals surface area contributed by atoms with Crippen LogP contribution in [0.1, 0.15) is 6.92 Å². The summed E-state index contributed by atoms with van der Waals surface area (Å²) in [5, 5.41) is 11.4. The molecule has 20 heavy (non-hydrogen) atoms. The molecule has 100 valence electrons. The van der Waals surface area contributed by atoms with E-state index in [1.807, 2.05) is 42.5 Å². The number of nitrogens with one attached hydrogen (secondary N) is 1. The monoisotopic (exact) mass is 265 g/mol. The van der Waals surface area contributed by atoms with Crippen molar-refractivity contribution >= 4 is 5.69 Å². The average Bonchev–Trinajstić information content (AvgIpc) is 2.98. The third-order valence-corrected chi connectivity index (χ3v) is 2.95. The van der Waals surface area contributed by atoms with Crippen LogP contribution in [0, 0.1) is 0 Å². The lowest BCUT2D eigenvalue weighted by Gasteiger charge is -2.07. The molecule has 5 nitrogen and oxygen atoms in total. The van der Waals surface area contributed by atoms with Crippen LogP contribution in [0.25, 0.3) is 17.1 Å². The number of para-hydroxylation sites is 1. The minimum Gasteiger partial charge on any atom is -0.385 e. The number of pyridine rings is 1. The Bertz CT molecular complexity index is 690. The second-order valence-corrected chi connectivity index (χ2v) is 4.33. The summed E-state index contributed by atoms with van der Waals surface area (Å²) in [4.78, 5) is 4.41. The van der Waals surface area contributed by atoms with Gasteiger partial charge in [-0.25, -0.2) is 4.68 Å². The van der Waals surface area contributed by atoms with Crippen molar-refractivity contribution in [1.29, 1.82) is 0 Å². The largest absolute Gasteiger partial charge is 0.385 e. The highest BCUT2D eigenvalue weighted by Gasteiger charge is 2.10. The summed E-state index contributed by atoms with van der Waals surface area (Å²) in [5.41, 5.74) is 3.72. The van der Waals surface area contributed by atoms with Crippen molar-refractivity contribution in [2.75, 3.05) is 11.9 Å². The molecule has 0 unspecified atom stereocenters. The minimum atomic E-state index is 0.845. The Hall–Kier alpha value is -2.69. The van der Waals surface area contributed by atoms with E-state index in [2.05, 4.69) is 27.5 Å². The molecule has 2 heterocycles. The van der Waals surface area contributed by atoms with Gasteiger partial charge in [0.25, 0.3) is 0 Å². The number of hydrogen-bond donors (Lipinski definition) is 1. The van der Waals surface area contributed by atoms with E-state index < -0.39 is 0 Å². The Morgan fingerprint density at radius 2 is 2.00 bits per heavy atom. The number of anilines is 1. The predicted octanol–water partition coefficient (Wildman–Crippen LogP) is 2.76. The molecule has 0 bridgehead atoms. The molecule has 0 amide bonds. The maximum Gasteiger partial charge on any atom is 0.113 e. The van der Waals surface area contributed by atoms with Crippen molar-refractivity contribution in [1.82, 2.24) is 20.0 Å². The molecule has 0 aliphatic carbocycles.